The molecule has 1 spiro atoms. The van der Waals surface area contributed by atoms with Crippen LogP contribution >= 0.6 is 0 Å². The van der Waals surface area contributed by atoms with E-state index in [0.717, 1.165) is 32.0 Å². The van der Waals surface area contributed by atoms with Gasteiger partial charge in [0.15, 0.2) is 5.82 Å². The Morgan fingerprint density at radius 2 is 2.19 bits per heavy atom. The highest BCUT2D eigenvalue weighted by Crippen LogP contribution is 2.43. The Bertz CT molecular complexity index is 1030. The smallest absolute Gasteiger partial charge is 0.319 e. The molecule has 0 aliphatic carbocycles. The summed E-state index contributed by atoms with van der Waals surface area (Å²) in [6.07, 6.45) is 3.38. The van der Waals surface area contributed by atoms with E-state index < -0.39 is 17.5 Å². The Labute approximate surface area is 178 Å². The van der Waals surface area contributed by atoms with Crippen LogP contribution in [0, 0.1) is 5.82 Å². The fraction of sp³-hybridized carbons (Fsp3) is 0.667. The molecule has 2 aromatic heterocycles. The van der Waals surface area contributed by atoms with E-state index in [4.69, 9.17) is 14.2 Å². The number of alkyl halides is 1. The largest absolute Gasteiger partial charge is 0.474 e. The van der Waals surface area contributed by atoms with Crippen LogP contribution in [0.3, 0.4) is 0 Å². The van der Waals surface area contributed by atoms with Gasteiger partial charge in [0.2, 0.25) is 5.88 Å². The molecule has 0 radical (unpaired) electrons. The molecule has 3 fully saturated rings. The Kier molecular flexibility index (Phi) is 4.27. The van der Waals surface area contributed by atoms with Crippen LogP contribution in [0.1, 0.15) is 25.7 Å². The number of rotatable bonds is 3. The van der Waals surface area contributed by atoms with E-state index in [1.807, 2.05) is 11.9 Å². The highest BCUT2D eigenvalue weighted by molar-refractivity contribution is 5.95. The Morgan fingerprint density at radius 3 is 3.03 bits per heavy atom. The number of aromatic nitrogens is 3. The van der Waals surface area contributed by atoms with Crippen molar-refractivity contribution in [2.24, 2.45) is 0 Å². The van der Waals surface area contributed by atoms with Gasteiger partial charge >= 0.3 is 6.01 Å². The zero-order valence-electron chi connectivity index (χ0n) is 17.4. The van der Waals surface area contributed by atoms with Gasteiger partial charge in [-0.05, 0) is 25.8 Å². The Balaban J connectivity index is 1.40. The monoisotopic (exact) mass is 433 g/mol. The molecule has 3 atom stereocenters. The van der Waals surface area contributed by atoms with E-state index in [0.29, 0.717) is 49.9 Å². The van der Waals surface area contributed by atoms with Crippen LogP contribution in [0.4, 0.5) is 14.6 Å². The van der Waals surface area contributed by atoms with Gasteiger partial charge in [0.25, 0.3) is 0 Å². The fourth-order valence-electron chi connectivity index (χ4n) is 5.60. The van der Waals surface area contributed by atoms with E-state index >= 15 is 0 Å². The molecule has 31 heavy (non-hydrogen) atoms. The minimum atomic E-state index is -0.845. The second-order valence-corrected chi connectivity index (χ2v) is 9.20. The van der Waals surface area contributed by atoms with E-state index in [1.54, 1.807) is 0 Å². The van der Waals surface area contributed by atoms with Crippen LogP contribution in [-0.4, -0.2) is 83.7 Å². The Morgan fingerprint density at radius 1 is 1.29 bits per heavy atom. The maximum atomic E-state index is 14.8. The lowest BCUT2D eigenvalue weighted by molar-refractivity contribution is 0.107. The first-order valence-electron chi connectivity index (χ1n) is 10.8. The first-order valence-corrected chi connectivity index (χ1v) is 10.8. The summed E-state index contributed by atoms with van der Waals surface area (Å²) >= 11 is 0. The maximum absolute atomic E-state index is 14.8. The molecule has 6 rings (SSSR count). The molecule has 0 N–H and O–H groups in total. The van der Waals surface area contributed by atoms with Gasteiger partial charge in [-0.3, -0.25) is 4.90 Å². The van der Waals surface area contributed by atoms with E-state index in [1.165, 1.54) is 0 Å². The molecule has 10 heteroatoms. The predicted molar refractivity (Wildman–Crippen MR) is 108 cm³/mol. The van der Waals surface area contributed by atoms with Crippen molar-refractivity contribution in [1.29, 1.82) is 0 Å². The summed E-state index contributed by atoms with van der Waals surface area (Å²) in [6, 6.07) is 0.0879. The summed E-state index contributed by atoms with van der Waals surface area (Å²) in [4.78, 5) is 17.3. The normalized spacial score (nSPS) is 32.5. The lowest BCUT2D eigenvalue weighted by atomic mass is 9.95. The summed E-state index contributed by atoms with van der Waals surface area (Å²) in [6.45, 7) is 3.06. The molecular weight excluding hydrogens is 408 g/mol. The molecule has 1 unspecified atom stereocenters. The van der Waals surface area contributed by atoms with Crippen molar-refractivity contribution in [1.82, 2.24) is 19.9 Å². The van der Waals surface area contributed by atoms with Gasteiger partial charge < -0.3 is 19.1 Å². The molecular formula is C21H25F2N5O3. The third-order valence-electron chi connectivity index (χ3n) is 7.42. The number of nitrogens with zero attached hydrogens (tertiary/aromatic N) is 5. The summed E-state index contributed by atoms with van der Waals surface area (Å²) in [5.41, 5.74) is -0.629. The number of hydrogen-bond donors (Lipinski definition) is 0. The average Bonchev–Trinajstić information content (AvgIpc) is 3.44. The van der Waals surface area contributed by atoms with Gasteiger partial charge in [-0.2, -0.15) is 9.97 Å². The molecule has 0 bridgehead atoms. The first-order chi connectivity index (χ1) is 15.0. The second kappa shape index (κ2) is 6.83. The zero-order valence-corrected chi connectivity index (χ0v) is 17.4. The van der Waals surface area contributed by atoms with Crippen molar-refractivity contribution in [2.75, 3.05) is 51.5 Å². The predicted octanol–water partition coefficient (Wildman–Crippen LogP) is 2.11. The third kappa shape index (κ3) is 2.87. The van der Waals surface area contributed by atoms with Crippen LogP contribution < -0.4 is 14.4 Å². The molecule has 4 aliphatic rings. The first kappa shape index (κ1) is 19.4. The van der Waals surface area contributed by atoms with Crippen molar-refractivity contribution in [2.45, 2.75) is 42.9 Å². The summed E-state index contributed by atoms with van der Waals surface area (Å²) in [5.74, 6) is 0.263. The molecule has 4 aliphatic heterocycles. The van der Waals surface area contributed by atoms with Gasteiger partial charge in [-0.15, -0.1) is 0 Å². The molecule has 0 amide bonds. The van der Waals surface area contributed by atoms with Gasteiger partial charge in [0.1, 0.15) is 41.6 Å². The number of halogens is 2. The second-order valence-electron chi connectivity index (χ2n) is 9.20. The van der Waals surface area contributed by atoms with Crippen molar-refractivity contribution < 1.29 is 23.0 Å². The zero-order chi connectivity index (χ0) is 21.2. The van der Waals surface area contributed by atoms with Gasteiger partial charge in [-0.1, -0.05) is 0 Å². The van der Waals surface area contributed by atoms with Crippen molar-refractivity contribution in [3.05, 3.63) is 12.0 Å². The summed E-state index contributed by atoms with van der Waals surface area (Å²) in [7, 11) is 1.91. The average molecular weight is 433 g/mol. The molecule has 8 nitrogen and oxygen atoms in total. The molecule has 166 valence electrons. The van der Waals surface area contributed by atoms with Crippen molar-refractivity contribution in [3.63, 3.8) is 0 Å². The quantitative estimate of drug-likeness (QED) is 0.729. The number of ether oxygens (including phenoxy) is 3. The molecule has 0 saturated carbocycles. The van der Waals surface area contributed by atoms with E-state index in [-0.39, 0.29) is 23.7 Å². The van der Waals surface area contributed by atoms with Crippen molar-refractivity contribution >= 4 is 16.7 Å². The topological polar surface area (TPSA) is 72.8 Å². The summed E-state index contributed by atoms with van der Waals surface area (Å²) < 4.78 is 46.5. The number of anilines is 1. The molecule has 3 saturated heterocycles. The van der Waals surface area contributed by atoms with E-state index in [2.05, 4.69) is 19.9 Å². The number of likely N-dealkylation sites (N-methyl/N-ethyl adjacent to an activating group) is 1. The van der Waals surface area contributed by atoms with Crippen LogP contribution in [0.15, 0.2) is 6.20 Å². The van der Waals surface area contributed by atoms with Gasteiger partial charge in [0, 0.05) is 26.6 Å². The van der Waals surface area contributed by atoms with Gasteiger partial charge in [-0.25, -0.2) is 13.8 Å². The number of hydrogen-bond acceptors (Lipinski definition) is 8. The highest BCUT2D eigenvalue weighted by atomic mass is 19.1. The SMILES string of the molecule is CN1c2nc(OC[C@@]34CCCN3C[C@H](F)C4)nc3c(F)cnc(c23)OCC12CCOC2. The van der Waals surface area contributed by atoms with Crippen LogP contribution in [0.2, 0.25) is 0 Å². The highest BCUT2D eigenvalue weighted by Gasteiger charge is 2.49. The lowest BCUT2D eigenvalue weighted by Gasteiger charge is -2.36. The Hall–Kier alpha value is -2.33. The summed E-state index contributed by atoms with van der Waals surface area (Å²) in [5, 5.41) is 0.434. The standard InChI is InChI=1S/C21H25F2N5O3/c1-27-17-15-16(14(23)8-24-18(15)30-12-21(27)4-6-29-10-21)25-19(26-17)31-11-20-3-2-5-28(20)9-13(22)7-20/h8,13H,2-7,9-12H2,1H3/t13-,20+,21?/m1/s1. The number of fused-ring (bicyclic) bond motifs is 1. The maximum Gasteiger partial charge on any atom is 0.319 e. The van der Waals surface area contributed by atoms with Crippen LogP contribution in [0.25, 0.3) is 10.9 Å². The van der Waals surface area contributed by atoms with Gasteiger partial charge in [0.05, 0.1) is 18.3 Å². The minimum Gasteiger partial charge on any atom is -0.474 e. The van der Waals surface area contributed by atoms with Crippen LogP contribution in [-0.2, 0) is 4.74 Å². The molecule has 0 aromatic carbocycles. The fourth-order valence-corrected chi connectivity index (χ4v) is 5.60. The van der Waals surface area contributed by atoms with Crippen molar-refractivity contribution in [3.8, 4) is 11.9 Å². The van der Waals surface area contributed by atoms with Crippen LogP contribution in [0.5, 0.6) is 11.9 Å². The lowest BCUT2D eigenvalue weighted by Crippen LogP contribution is -2.51. The number of pyridine rings is 1. The molecule has 6 heterocycles. The van der Waals surface area contributed by atoms with E-state index in [9.17, 15) is 8.78 Å². The molecule has 2 aromatic rings. The third-order valence-corrected chi connectivity index (χ3v) is 7.42. The minimum absolute atomic E-state index is 0.0879.